The van der Waals surface area contributed by atoms with Crippen LogP contribution in [-0.2, 0) is 21.2 Å². The summed E-state index contributed by atoms with van der Waals surface area (Å²) in [6.45, 7) is 1.09. The number of nitrogens with zero attached hydrogens (tertiary/aromatic N) is 3. The molecular formula is C22H23ClN4O3S. The van der Waals surface area contributed by atoms with E-state index in [-0.39, 0.29) is 24.6 Å². The summed E-state index contributed by atoms with van der Waals surface area (Å²) in [5, 5.41) is 8.16. The SMILES string of the molecule is O=C(Cc1cn(-c2ccccc2)nc1-c1ccc(Cl)cc1)NCCN1CCCS1(=O)=O. The molecule has 9 heteroatoms. The second-order valence-electron chi connectivity index (χ2n) is 7.39. The maximum Gasteiger partial charge on any atom is 0.224 e. The van der Waals surface area contributed by atoms with Gasteiger partial charge in [-0.05, 0) is 30.7 Å². The number of hydrogen-bond acceptors (Lipinski definition) is 4. The quantitative estimate of drug-likeness (QED) is 0.590. The molecule has 0 saturated carbocycles. The van der Waals surface area contributed by atoms with Gasteiger partial charge in [0.2, 0.25) is 15.9 Å². The van der Waals surface area contributed by atoms with E-state index in [0.29, 0.717) is 30.2 Å². The van der Waals surface area contributed by atoms with Gasteiger partial charge in [-0.2, -0.15) is 5.10 Å². The highest BCUT2D eigenvalue weighted by molar-refractivity contribution is 7.89. The van der Waals surface area contributed by atoms with Crippen molar-refractivity contribution in [1.29, 1.82) is 0 Å². The van der Waals surface area contributed by atoms with Crippen molar-refractivity contribution in [3.8, 4) is 16.9 Å². The highest BCUT2D eigenvalue weighted by Crippen LogP contribution is 2.25. The summed E-state index contributed by atoms with van der Waals surface area (Å²) in [6.07, 6.45) is 2.63. The third-order valence-electron chi connectivity index (χ3n) is 5.17. The van der Waals surface area contributed by atoms with Gasteiger partial charge in [0, 0.05) is 42.0 Å². The number of sulfonamides is 1. The van der Waals surface area contributed by atoms with Gasteiger partial charge in [-0.15, -0.1) is 0 Å². The van der Waals surface area contributed by atoms with Gasteiger partial charge >= 0.3 is 0 Å². The summed E-state index contributed by atoms with van der Waals surface area (Å²) >= 11 is 6.02. The number of hydrogen-bond donors (Lipinski definition) is 1. The van der Waals surface area contributed by atoms with Crippen LogP contribution in [0.4, 0.5) is 0 Å². The van der Waals surface area contributed by atoms with E-state index in [1.807, 2.05) is 48.7 Å². The molecule has 31 heavy (non-hydrogen) atoms. The fourth-order valence-corrected chi connectivity index (χ4v) is 5.26. The smallest absolute Gasteiger partial charge is 0.224 e. The second kappa shape index (κ2) is 9.21. The summed E-state index contributed by atoms with van der Waals surface area (Å²) in [6, 6.07) is 17.0. The number of aromatic nitrogens is 2. The van der Waals surface area contributed by atoms with Gasteiger partial charge in [-0.3, -0.25) is 4.79 Å². The lowest BCUT2D eigenvalue weighted by atomic mass is 10.1. The molecule has 0 radical (unpaired) electrons. The molecule has 162 valence electrons. The molecule has 1 aliphatic rings. The minimum Gasteiger partial charge on any atom is -0.354 e. The Labute approximate surface area is 186 Å². The Morgan fingerprint density at radius 2 is 1.84 bits per heavy atom. The number of carbonyl (C=O) groups excluding carboxylic acids is 1. The highest BCUT2D eigenvalue weighted by Gasteiger charge is 2.27. The Morgan fingerprint density at radius 3 is 2.52 bits per heavy atom. The molecule has 0 spiro atoms. The number of para-hydroxylation sites is 1. The van der Waals surface area contributed by atoms with Gasteiger partial charge in [0.05, 0.1) is 23.6 Å². The largest absolute Gasteiger partial charge is 0.354 e. The van der Waals surface area contributed by atoms with Crippen LogP contribution >= 0.6 is 11.6 Å². The Hall–Kier alpha value is -2.68. The molecule has 1 amide bonds. The number of rotatable bonds is 7. The molecular weight excluding hydrogens is 436 g/mol. The first-order valence-corrected chi connectivity index (χ1v) is 12.1. The van der Waals surface area contributed by atoms with Crippen LogP contribution in [0, 0.1) is 0 Å². The van der Waals surface area contributed by atoms with E-state index in [1.54, 1.807) is 16.8 Å². The molecule has 2 heterocycles. The van der Waals surface area contributed by atoms with Crippen molar-refractivity contribution in [1.82, 2.24) is 19.4 Å². The van der Waals surface area contributed by atoms with Gasteiger partial charge in [0.1, 0.15) is 0 Å². The van der Waals surface area contributed by atoms with Gasteiger partial charge in [0.25, 0.3) is 0 Å². The van der Waals surface area contributed by atoms with Crippen LogP contribution in [0.15, 0.2) is 60.8 Å². The molecule has 4 rings (SSSR count). The maximum atomic E-state index is 12.6. The topological polar surface area (TPSA) is 84.3 Å². The number of benzene rings is 2. The standard InChI is InChI=1S/C22H23ClN4O3S/c23-19-9-7-17(8-10-19)22-18(16-27(25-22)20-5-2-1-3-6-20)15-21(28)24-11-13-26-12-4-14-31(26,29)30/h1-3,5-10,16H,4,11-15H2,(H,24,28). The first kappa shape index (κ1) is 21.5. The number of amides is 1. The molecule has 0 bridgehead atoms. The van der Waals surface area contributed by atoms with Crippen molar-refractivity contribution in [3.05, 3.63) is 71.4 Å². The van der Waals surface area contributed by atoms with Gasteiger partial charge in [0.15, 0.2) is 0 Å². The summed E-state index contributed by atoms with van der Waals surface area (Å²) in [5.74, 6) is 0.00350. The average Bonchev–Trinajstić information content (AvgIpc) is 3.32. The number of halogens is 1. The van der Waals surface area contributed by atoms with Crippen LogP contribution in [0.5, 0.6) is 0 Å². The third kappa shape index (κ3) is 5.15. The Kier molecular flexibility index (Phi) is 6.41. The van der Waals surface area contributed by atoms with Crippen molar-refractivity contribution < 1.29 is 13.2 Å². The molecule has 0 aliphatic carbocycles. The molecule has 1 N–H and O–H groups in total. The normalized spacial score (nSPS) is 15.8. The lowest BCUT2D eigenvalue weighted by Gasteiger charge is -2.14. The van der Waals surface area contributed by atoms with Crippen molar-refractivity contribution in [2.24, 2.45) is 0 Å². The van der Waals surface area contributed by atoms with E-state index >= 15 is 0 Å². The van der Waals surface area contributed by atoms with Crippen LogP contribution in [0.1, 0.15) is 12.0 Å². The molecule has 0 unspecified atom stereocenters. The minimum absolute atomic E-state index is 0.136. The van der Waals surface area contributed by atoms with Crippen LogP contribution in [0.25, 0.3) is 16.9 Å². The fourth-order valence-electron chi connectivity index (χ4n) is 3.60. The zero-order valence-electron chi connectivity index (χ0n) is 16.9. The van der Waals surface area contributed by atoms with Crippen LogP contribution in [0.2, 0.25) is 5.02 Å². The Bertz CT molecular complexity index is 1160. The molecule has 1 aliphatic heterocycles. The van der Waals surface area contributed by atoms with E-state index in [1.165, 1.54) is 4.31 Å². The van der Waals surface area contributed by atoms with E-state index in [2.05, 4.69) is 5.32 Å². The summed E-state index contributed by atoms with van der Waals surface area (Å²) < 4.78 is 27.0. The van der Waals surface area contributed by atoms with Crippen molar-refractivity contribution >= 4 is 27.5 Å². The van der Waals surface area contributed by atoms with Gasteiger partial charge < -0.3 is 5.32 Å². The predicted molar refractivity (Wildman–Crippen MR) is 121 cm³/mol. The molecule has 3 aromatic rings. The van der Waals surface area contributed by atoms with Crippen molar-refractivity contribution in [2.45, 2.75) is 12.8 Å². The molecule has 1 saturated heterocycles. The second-order valence-corrected chi connectivity index (χ2v) is 9.91. The van der Waals surface area contributed by atoms with E-state index < -0.39 is 10.0 Å². The van der Waals surface area contributed by atoms with E-state index in [0.717, 1.165) is 16.8 Å². The minimum atomic E-state index is -3.16. The zero-order valence-corrected chi connectivity index (χ0v) is 18.4. The molecule has 1 aromatic heterocycles. The lowest BCUT2D eigenvalue weighted by molar-refractivity contribution is -0.120. The molecule has 7 nitrogen and oxygen atoms in total. The van der Waals surface area contributed by atoms with Crippen LogP contribution in [0.3, 0.4) is 0 Å². The first-order chi connectivity index (χ1) is 14.9. The molecule has 1 fully saturated rings. The van der Waals surface area contributed by atoms with Crippen molar-refractivity contribution in [2.75, 3.05) is 25.4 Å². The first-order valence-electron chi connectivity index (χ1n) is 10.1. The third-order valence-corrected chi connectivity index (χ3v) is 7.37. The van der Waals surface area contributed by atoms with Gasteiger partial charge in [-0.25, -0.2) is 17.4 Å². The fraction of sp³-hybridized carbons (Fsp3) is 0.273. The highest BCUT2D eigenvalue weighted by atomic mass is 35.5. The van der Waals surface area contributed by atoms with E-state index in [9.17, 15) is 13.2 Å². The summed E-state index contributed by atoms with van der Waals surface area (Å²) in [4.78, 5) is 12.6. The predicted octanol–water partition coefficient (Wildman–Crippen LogP) is 2.89. The molecule has 0 atom stereocenters. The van der Waals surface area contributed by atoms with E-state index in [4.69, 9.17) is 16.7 Å². The van der Waals surface area contributed by atoms with Crippen molar-refractivity contribution in [3.63, 3.8) is 0 Å². The Balaban J connectivity index is 1.50. The zero-order chi connectivity index (χ0) is 21.8. The number of carbonyl (C=O) groups is 1. The summed E-state index contributed by atoms with van der Waals surface area (Å²) in [7, 11) is -3.16. The average molecular weight is 459 g/mol. The number of nitrogens with one attached hydrogen (secondary N) is 1. The van der Waals surface area contributed by atoms with Gasteiger partial charge in [-0.1, -0.05) is 41.9 Å². The molecule has 2 aromatic carbocycles. The van der Waals surface area contributed by atoms with Crippen LogP contribution in [-0.4, -0.2) is 53.8 Å². The Morgan fingerprint density at radius 1 is 1.10 bits per heavy atom. The monoisotopic (exact) mass is 458 g/mol. The summed E-state index contributed by atoms with van der Waals surface area (Å²) in [5.41, 5.74) is 3.24. The van der Waals surface area contributed by atoms with Crippen LogP contribution < -0.4 is 5.32 Å². The maximum absolute atomic E-state index is 12.6. The lowest BCUT2D eigenvalue weighted by Crippen LogP contribution is -2.36.